The van der Waals surface area contributed by atoms with Crippen LogP contribution in [0.25, 0.3) is 5.57 Å². The highest BCUT2D eigenvalue weighted by molar-refractivity contribution is 7.98. The number of aliphatic carboxylic acids is 1. The molecule has 1 unspecified atom stereocenters. The van der Waals surface area contributed by atoms with Gasteiger partial charge in [-0.3, -0.25) is 0 Å². The van der Waals surface area contributed by atoms with Gasteiger partial charge in [0.25, 0.3) is 0 Å². The Kier molecular flexibility index (Phi) is 5.36. The highest BCUT2D eigenvalue weighted by atomic mass is 32.2. The summed E-state index contributed by atoms with van der Waals surface area (Å²) in [4.78, 5) is 11.4. The summed E-state index contributed by atoms with van der Waals surface area (Å²) in [6.45, 7) is 1.60. The van der Waals surface area contributed by atoms with Crippen LogP contribution in [0.5, 0.6) is 0 Å². The monoisotopic (exact) mass is 340 g/mol. The molecule has 1 aliphatic rings. The van der Waals surface area contributed by atoms with E-state index in [0.717, 1.165) is 24.3 Å². The normalized spacial score (nSPS) is 18.5. The highest BCUT2D eigenvalue weighted by Crippen LogP contribution is 2.37. The number of thioether (sulfide) groups is 1. The van der Waals surface area contributed by atoms with E-state index in [-0.39, 0.29) is 17.6 Å². The zero-order valence-corrected chi connectivity index (χ0v) is 13.4. The van der Waals surface area contributed by atoms with E-state index in [2.05, 4.69) is 0 Å². The van der Waals surface area contributed by atoms with Gasteiger partial charge in [0.15, 0.2) is 0 Å². The fraction of sp³-hybridized carbons (Fsp3) is 0.235. The van der Waals surface area contributed by atoms with Crippen LogP contribution in [-0.4, -0.2) is 17.3 Å². The number of carboxylic acids is 1. The number of allylic oxidation sites excluding steroid dienone is 4. The Morgan fingerprint density at radius 3 is 2.35 bits per heavy atom. The van der Waals surface area contributed by atoms with Gasteiger partial charge in [0, 0.05) is 10.5 Å². The van der Waals surface area contributed by atoms with Crippen molar-refractivity contribution in [3.63, 3.8) is 0 Å². The van der Waals surface area contributed by atoms with Crippen LogP contribution in [0.3, 0.4) is 0 Å². The van der Waals surface area contributed by atoms with Gasteiger partial charge in [-0.1, -0.05) is 13.0 Å². The number of rotatable bonds is 3. The molecule has 1 aromatic carbocycles. The predicted octanol–water partition coefficient (Wildman–Crippen LogP) is 4.97. The molecule has 0 saturated heterocycles. The lowest BCUT2D eigenvalue weighted by molar-refractivity contribution is -0.132. The Labute approximate surface area is 136 Å². The topological polar surface area (TPSA) is 37.3 Å². The molecule has 0 saturated carbocycles. The van der Waals surface area contributed by atoms with Crippen LogP contribution < -0.4 is 0 Å². The summed E-state index contributed by atoms with van der Waals surface area (Å²) >= 11 is 1.19. The molecule has 2 rings (SSSR count). The molecule has 1 atom stereocenters. The van der Waals surface area contributed by atoms with E-state index < -0.39 is 34.9 Å². The summed E-state index contributed by atoms with van der Waals surface area (Å²) < 4.78 is 43.0. The first-order valence-electron chi connectivity index (χ1n) is 6.89. The molecule has 0 aromatic heterocycles. The van der Waals surface area contributed by atoms with Crippen LogP contribution in [0.2, 0.25) is 0 Å². The first-order valence-corrected chi connectivity index (χ1v) is 8.12. The van der Waals surface area contributed by atoms with E-state index in [0.29, 0.717) is 4.90 Å². The van der Waals surface area contributed by atoms with Crippen molar-refractivity contribution >= 4 is 23.3 Å². The van der Waals surface area contributed by atoms with Crippen molar-refractivity contribution in [2.75, 3.05) is 6.26 Å². The third kappa shape index (κ3) is 3.69. The second-order valence-corrected chi connectivity index (χ2v) is 6.04. The maximum absolute atomic E-state index is 14.4. The van der Waals surface area contributed by atoms with E-state index in [1.54, 1.807) is 13.2 Å². The number of hydrogen-bond acceptors (Lipinski definition) is 2. The van der Waals surface area contributed by atoms with E-state index in [1.165, 1.54) is 17.8 Å². The van der Waals surface area contributed by atoms with E-state index in [1.807, 2.05) is 0 Å². The van der Waals surface area contributed by atoms with Gasteiger partial charge < -0.3 is 5.11 Å². The first-order chi connectivity index (χ1) is 10.8. The summed E-state index contributed by atoms with van der Waals surface area (Å²) in [5.41, 5.74) is -0.543. The van der Waals surface area contributed by atoms with Crippen LogP contribution in [0.1, 0.15) is 18.9 Å². The molecule has 1 aromatic rings. The van der Waals surface area contributed by atoms with E-state index >= 15 is 0 Å². The fourth-order valence-electron chi connectivity index (χ4n) is 2.43. The van der Waals surface area contributed by atoms with Crippen LogP contribution in [0, 0.1) is 17.6 Å². The maximum atomic E-state index is 14.4. The molecule has 0 amide bonds. The van der Waals surface area contributed by atoms with Crippen molar-refractivity contribution in [3.05, 3.63) is 59.0 Å². The molecule has 0 heterocycles. The average molecular weight is 340 g/mol. The van der Waals surface area contributed by atoms with Crippen LogP contribution in [-0.2, 0) is 4.79 Å². The van der Waals surface area contributed by atoms with E-state index in [4.69, 9.17) is 5.11 Å². The number of hydrogen-bond donors (Lipinski definition) is 1. The molecule has 0 aliphatic heterocycles. The predicted molar refractivity (Wildman–Crippen MR) is 84.8 cm³/mol. The fourth-order valence-corrected chi connectivity index (χ4v) is 2.87. The van der Waals surface area contributed by atoms with Gasteiger partial charge in [0.05, 0.1) is 11.1 Å². The molecule has 2 nitrogen and oxygen atoms in total. The van der Waals surface area contributed by atoms with Gasteiger partial charge in [0.1, 0.15) is 17.5 Å². The molecule has 1 aliphatic carbocycles. The van der Waals surface area contributed by atoms with Crippen LogP contribution >= 0.6 is 11.8 Å². The zero-order valence-electron chi connectivity index (χ0n) is 12.6. The minimum atomic E-state index is -1.17. The number of carboxylic acid groups (broad SMARTS) is 1. The number of halogens is 3. The molecule has 122 valence electrons. The lowest BCUT2D eigenvalue weighted by atomic mass is 9.88. The van der Waals surface area contributed by atoms with Gasteiger partial charge in [0.2, 0.25) is 0 Å². The first kappa shape index (κ1) is 17.4. The van der Waals surface area contributed by atoms with Crippen molar-refractivity contribution in [3.8, 4) is 0 Å². The minimum absolute atomic E-state index is 0.0512. The zero-order chi connectivity index (χ0) is 17.1. The SMILES string of the molecule is CSc1cc(F)c(C2=C(F)C=CC(C(=O)O)=CCC2C)c(F)c1. The number of carbonyl (C=O) groups is 1. The third-order valence-electron chi connectivity index (χ3n) is 3.62. The molecule has 1 N–H and O–H groups in total. The minimum Gasteiger partial charge on any atom is -0.478 e. The third-order valence-corrected chi connectivity index (χ3v) is 4.33. The van der Waals surface area contributed by atoms with Crippen LogP contribution in [0.15, 0.2) is 46.7 Å². The Hall–Kier alpha value is -1.95. The van der Waals surface area contributed by atoms with Crippen molar-refractivity contribution in [2.45, 2.75) is 18.2 Å². The molecule has 0 radical (unpaired) electrons. The van der Waals surface area contributed by atoms with Crippen molar-refractivity contribution < 1.29 is 23.1 Å². The summed E-state index contributed by atoms with van der Waals surface area (Å²) in [6, 6.07) is 2.33. The van der Waals surface area contributed by atoms with Gasteiger partial charge in [-0.05, 0) is 42.9 Å². The lowest BCUT2D eigenvalue weighted by Crippen LogP contribution is -2.08. The second kappa shape index (κ2) is 7.08. The van der Waals surface area contributed by atoms with Crippen molar-refractivity contribution in [2.24, 2.45) is 5.92 Å². The summed E-state index contributed by atoms with van der Waals surface area (Å²) in [5.74, 6) is -4.24. The molecule has 6 heteroatoms. The molecule has 0 fully saturated rings. The van der Waals surface area contributed by atoms with Crippen LogP contribution in [0.4, 0.5) is 13.2 Å². The Bertz CT molecular complexity index is 712. The second-order valence-electron chi connectivity index (χ2n) is 5.16. The van der Waals surface area contributed by atoms with Crippen molar-refractivity contribution in [1.82, 2.24) is 0 Å². The maximum Gasteiger partial charge on any atom is 0.335 e. The van der Waals surface area contributed by atoms with E-state index in [9.17, 15) is 18.0 Å². The molecule has 0 spiro atoms. The average Bonchev–Trinajstić information content (AvgIpc) is 2.48. The molecule has 0 bridgehead atoms. The molecule has 23 heavy (non-hydrogen) atoms. The number of benzene rings is 1. The summed E-state index contributed by atoms with van der Waals surface area (Å²) in [7, 11) is 0. The van der Waals surface area contributed by atoms with Gasteiger partial charge in [-0.2, -0.15) is 0 Å². The Balaban J connectivity index is 2.59. The quantitative estimate of drug-likeness (QED) is 0.789. The van der Waals surface area contributed by atoms with Crippen molar-refractivity contribution in [1.29, 1.82) is 0 Å². The summed E-state index contributed by atoms with van der Waals surface area (Å²) in [6.07, 6.45) is 5.30. The molecular weight excluding hydrogens is 325 g/mol. The Morgan fingerprint density at radius 2 is 1.83 bits per heavy atom. The lowest BCUT2D eigenvalue weighted by Gasteiger charge is -2.19. The smallest absolute Gasteiger partial charge is 0.335 e. The standard InChI is InChI=1S/C17H15F3O2S/c1-9-3-4-10(17(21)22)5-6-12(18)15(9)16-13(19)7-11(23-2)8-14(16)20/h4-9H,3H2,1-2H3,(H,21,22). The molecular formula is C17H15F3O2S. The highest BCUT2D eigenvalue weighted by Gasteiger charge is 2.24. The van der Waals surface area contributed by atoms with Gasteiger partial charge >= 0.3 is 5.97 Å². The summed E-state index contributed by atoms with van der Waals surface area (Å²) in [5, 5.41) is 8.98. The van der Waals surface area contributed by atoms with Gasteiger partial charge in [-0.15, -0.1) is 11.8 Å². The largest absolute Gasteiger partial charge is 0.478 e. The van der Waals surface area contributed by atoms with Gasteiger partial charge in [-0.25, -0.2) is 18.0 Å². The Morgan fingerprint density at radius 1 is 1.22 bits per heavy atom.